The molecule has 2 fully saturated rings. The molecule has 2 aliphatic rings. The van der Waals surface area contributed by atoms with Crippen molar-refractivity contribution in [2.75, 3.05) is 26.2 Å². The molecule has 0 saturated carbocycles. The Morgan fingerprint density at radius 1 is 0.750 bits per heavy atom. The fourth-order valence-electron chi connectivity index (χ4n) is 4.44. The number of nitrogens with zero attached hydrogens (tertiary/aromatic N) is 2. The summed E-state index contributed by atoms with van der Waals surface area (Å²) in [5.74, 6) is -0.171. The van der Waals surface area contributed by atoms with Gasteiger partial charge >= 0.3 is 0 Å². The number of carbonyl (C=O) groups is 1. The van der Waals surface area contributed by atoms with Crippen molar-refractivity contribution in [2.24, 2.45) is 0 Å². The normalized spacial score (nSPS) is 18.0. The van der Waals surface area contributed by atoms with Crippen molar-refractivity contribution in [3.63, 3.8) is 0 Å². The van der Waals surface area contributed by atoms with E-state index in [0.717, 1.165) is 24.9 Å². The molecule has 0 aromatic heterocycles. The zero-order valence-corrected chi connectivity index (χ0v) is 19.4. The standard InChI is InChI=1S/C25H33N3O3S/c29-25(24-12-10-23(11-13-24)20-32(30,31)28-16-4-5-17-28)26-18-21-6-8-22(9-7-21)19-27-14-2-1-3-15-27/h6-13H,1-5,14-20H2,(H,26,29). The Morgan fingerprint density at radius 3 is 1.97 bits per heavy atom. The maximum absolute atomic E-state index is 12.5. The SMILES string of the molecule is O=C(NCc1ccc(CN2CCCCC2)cc1)c1ccc(CS(=O)(=O)N2CCCC2)cc1. The first-order chi connectivity index (χ1) is 15.5. The third-order valence-corrected chi connectivity index (χ3v) is 8.20. The van der Waals surface area contributed by atoms with E-state index >= 15 is 0 Å². The molecule has 172 valence electrons. The third kappa shape index (κ3) is 6.18. The lowest BCUT2D eigenvalue weighted by Crippen LogP contribution is -2.29. The van der Waals surface area contributed by atoms with E-state index in [9.17, 15) is 13.2 Å². The largest absolute Gasteiger partial charge is 0.348 e. The van der Waals surface area contributed by atoms with E-state index in [1.807, 2.05) is 0 Å². The van der Waals surface area contributed by atoms with Crippen molar-refractivity contribution in [3.05, 3.63) is 70.8 Å². The minimum atomic E-state index is -3.28. The molecule has 0 aliphatic carbocycles. The Morgan fingerprint density at radius 2 is 1.31 bits per heavy atom. The van der Waals surface area contributed by atoms with Gasteiger partial charge in [-0.1, -0.05) is 42.8 Å². The molecule has 2 heterocycles. The summed E-state index contributed by atoms with van der Waals surface area (Å²) in [5, 5.41) is 2.95. The van der Waals surface area contributed by atoms with Crippen molar-refractivity contribution in [2.45, 2.75) is 50.9 Å². The highest BCUT2D eigenvalue weighted by atomic mass is 32.2. The predicted octanol–water partition coefficient (Wildman–Crippen LogP) is 3.53. The molecule has 0 spiro atoms. The van der Waals surface area contributed by atoms with Gasteiger partial charge in [0.05, 0.1) is 5.75 Å². The molecular weight excluding hydrogens is 422 g/mol. The quantitative estimate of drug-likeness (QED) is 0.661. The number of rotatable bonds is 8. The zero-order valence-electron chi connectivity index (χ0n) is 18.6. The molecule has 1 amide bonds. The average Bonchev–Trinajstić information content (AvgIpc) is 3.36. The highest BCUT2D eigenvalue weighted by Gasteiger charge is 2.25. The number of hydrogen-bond donors (Lipinski definition) is 1. The molecule has 0 bridgehead atoms. The van der Waals surface area contributed by atoms with E-state index in [-0.39, 0.29) is 11.7 Å². The maximum Gasteiger partial charge on any atom is 0.251 e. The minimum absolute atomic E-state index is 0.0152. The molecule has 2 aromatic rings. The van der Waals surface area contributed by atoms with Gasteiger partial charge in [0, 0.05) is 31.7 Å². The van der Waals surface area contributed by atoms with Crippen molar-refractivity contribution in [3.8, 4) is 0 Å². The lowest BCUT2D eigenvalue weighted by Gasteiger charge is -2.26. The van der Waals surface area contributed by atoms with Gasteiger partial charge in [0.15, 0.2) is 0 Å². The van der Waals surface area contributed by atoms with Gasteiger partial charge in [-0.2, -0.15) is 0 Å². The topological polar surface area (TPSA) is 69.7 Å². The first kappa shape index (κ1) is 23.0. The summed E-state index contributed by atoms with van der Waals surface area (Å²) in [4.78, 5) is 15.0. The molecule has 7 heteroatoms. The lowest BCUT2D eigenvalue weighted by atomic mass is 10.1. The molecule has 2 aliphatic heterocycles. The molecular formula is C25H33N3O3S. The first-order valence-corrected chi connectivity index (χ1v) is 13.3. The number of carbonyl (C=O) groups excluding carboxylic acids is 1. The average molecular weight is 456 g/mol. The minimum Gasteiger partial charge on any atom is -0.348 e. The van der Waals surface area contributed by atoms with Crippen LogP contribution in [0.2, 0.25) is 0 Å². The van der Waals surface area contributed by atoms with Crippen LogP contribution < -0.4 is 5.32 Å². The summed E-state index contributed by atoms with van der Waals surface area (Å²) in [5.41, 5.74) is 3.61. The second-order valence-corrected chi connectivity index (χ2v) is 10.9. The fraction of sp³-hybridized carbons (Fsp3) is 0.480. The number of nitrogens with one attached hydrogen (secondary N) is 1. The summed E-state index contributed by atoms with van der Waals surface area (Å²) in [6, 6.07) is 15.3. The number of piperidine rings is 1. The smallest absolute Gasteiger partial charge is 0.251 e. The molecule has 4 rings (SSSR count). The van der Waals surface area contributed by atoms with Gasteiger partial charge in [0.1, 0.15) is 0 Å². The third-order valence-electron chi connectivity index (χ3n) is 6.35. The summed E-state index contributed by atoms with van der Waals surface area (Å²) < 4.78 is 26.5. The highest BCUT2D eigenvalue weighted by molar-refractivity contribution is 7.88. The second-order valence-electron chi connectivity index (χ2n) is 8.90. The van der Waals surface area contributed by atoms with E-state index in [2.05, 4.69) is 34.5 Å². The molecule has 0 radical (unpaired) electrons. The van der Waals surface area contributed by atoms with Crippen molar-refractivity contribution in [1.29, 1.82) is 0 Å². The van der Waals surface area contributed by atoms with Crippen LogP contribution in [-0.2, 0) is 28.9 Å². The van der Waals surface area contributed by atoms with Crippen LogP contribution in [-0.4, -0.2) is 49.7 Å². The Labute approximate surface area is 191 Å². The molecule has 2 saturated heterocycles. The fourth-order valence-corrected chi connectivity index (χ4v) is 6.05. The van der Waals surface area contributed by atoms with Gasteiger partial charge in [-0.15, -0.1) is 0 Å². The van der Waals surface area contributed by atoms with Crippen molar-refractivity contribution in [1.82, 2.24) is 14.5 Å². The monoisotopic (exact) mass is 455 g/mol. The lowest BCUT2D eigenvalue weighted by molar-refractivity contribution is 0.0951. The summed E-state index contributed by atoms with van der Waals surface area (Å²) >= 11 is 0. The molecule has 0 unspecified atom stereocenters. The summed E-state index contributed by atoms with van der Waals surface area (Å²) in [6.07, 6.45) is 5.79. The zero-order chi connectivity index (χ0) is 22.4. The predicted molar refractivity (Wildman–Crippen MR) is 127 cm³/mol. The first-order valence-electron chi connectivity index (χ1n) is 11.6. The van der Waals surface area contributed by atoms with Crippen molar-refractivity contribution < 1.29 is 13.2 Å². The molecule has 2 aromatic carbocycles. The van der Waals surface area contributed by atoms with E-state index in [1.54, 1.807) is 28.6 Å². The van der Waals surface area contributed by atoms with E-state index in [4.69, 9.17) is 0 Å². The van der Waals surface area contributed by atoms with Gasteiger partial charge in [-0.05, 0) is 67.6 Å². The Kier molecular flexibility index (Phi) is 7.60. The molecule has 0 atom stereocenters. The molecule has 6 nitrogen and oxygen atoms in total. The maximum atomic E-state index is 12.5. The van der Waals surface area contributed by atoms with Crippen LogP contribution in [0.1, 0.15) is 59.2 Å². The summed E-state index contributed by atoms with van der Waals surface area (Å²) in [7, 11) is -3.28. The Hall–Kier alpha value is -2.22. The van der Waals surface area contributed by atoms with E-state index in [1.165, 1.54) is 37.9 Å². The van der Waals surface area contributed by atoms with Gasteiger partial charge in [0.25, 0.3) is 5.91 Å². The van der Waals surface area contributed by atoms with Crippen LogP contribution in [0.3, 0.4) is 0 Å². The number of amides is 1. The van der Waals surface area contributed by atoms with Crippen molar-refractivity contribution >= 4 is 15.9 Å². The second kappa shape index (κ2) is 10.6. The van der Waals surface area contributed by atoms with Gasteiger partial charge < -0.3 is 5.32 Å². The van der Waals surface area contributed by atoms with Crippen LogP contribution >= 0.6 is 0 Å². The van der Waals surface area contributed by atoms with Crippen LogP contribution in [0.5, 0.6) is 0 Å². The van der Waals surface area contributed by atoms with Gasteiger partial charge in [-0.3, -0.25) is 9.69 Å². The number of sulfonamides is 1. The Balaban J connectivity index is 1.26. The van der Waals surface area contributed by atoms with Crippen LogP contribution in [0.25, 0.3) is 0 Å². The number of benzene rings is 2. The van der Waals surface area contributed by atoms with E-state index in [0.29, 0.717) is 30.8 Å². The van der Waals surface area contributed by atoms with Crippen LogP contribution in [0, 0.1) is 0 Å². The molecule has 32 heavy (non-hydrogen) atoms. The van der Waals surface area contributed by atoms with E-state index < -0.39 is 10.0 Å². The Bertz CT molecular complexity index is 992. The number of likely N-dealkylation sites (tertiary alicyclic amines) is 1. The van der Waals surface area contributed by atoms with Crippen LogP contribution in [0.4, 0.5) is 0 Å². The van der Waals surface area contributed by atoms with Gasteiger partial charge in [0.2, 0.25) is 10.0 Å². The summed E-state index contributed by atoms with van der Waals surface area (Å²) in [6.45, 7) is 5.05. The molecule has 1 N–H and O–H groups in total. The highest BCUT2D eigenvalue weighted by Crippen LogP contribution is 2.18. The number of hydrogen-bond acceptors (Lipinski definition) is 4. The van der Waals surface area contributed by atoms with Crippen LogP contribution in [0.15, 0.2) is 48.5 Å². The van der Waals surface area contributed by atoms with Gasteiger partial charge in [-0.25, -0.2) is 12.7 Å².